The first kappa shape index (κ1) is 15.4. The molecule has 6 nitrogen and oxygen atoms in total. The van der Waals surface area contributed by atoms with E-state index in [1.807, 2.05) is 0 Å². The van der Waals surface area contributed by atoms with Gasteiger partial charge in [-0.05, 0) is 18.9 Å². The molecule has 2 rings (SSSR count). The van der Waals surface area contributed by atoms with E-state index in [4.69, 9.17) is 4.42 Å². The topological polar surface area (TPSA) is 82.8 Å². The molecule has 0 spiro atoms. The largest absolute Gasteiger partial charge is 0.481 e. The summed E-state index contributed by atoms with van der Waals surface area (Å²) in [5, 5.41) is 12.2. The number of amides is 2. The van der Waals surface area contributed by atoms with Crippen molar-refractivity contribution < 1.29 is 19.1 Å². The van der Waals surface area contributed by atoms with Gasteiger partial charge in [0.05, 0.1) is 24.5 Å². The molecule has 116 valence electrons. The van der Waals surface area contributed by atoms with Crippen molar-refractivity contribution in [1.82, 2.24) is 10.2 Å². The van der Waals surface area contributed by atoms with Gasteiger partial charge >= 0.3 is 12.0 Å². The third-order valence-electron chi connectivity index (χ3n) is 4.19. The number of aliphatic carboxylic acids is 1. The number of hydrogen-bond donors (Lipinski definition) is 2. The predicted octanol–water partition coefficient (Wildman–Crippen LogP) is 2.46. The molecule has 0 atom stereocenters. The van der Waals surface area contributed by atoms with Gasteiger partial charge in [-0.15, -0.1) is 0 Å². The van der Waals surface area contributed by atoms with E-state index in [0.29, 0.717) is 19.4 Å². The van der Waals surface area contributed by atoms with Crippen molar-refractivity contribution in [2.75, 3.05) is 13.6 Å². The van der Waals surface area contributed by atoms with Gasteiger partial charge in [0.15, 0.2) is 0 Å². The first-order chi connectivity index (χ1) is 10.0. The number of furan rings is 1. The number of carbonyl (C=O) groups is 2. The predicted molar refractivity (Wildman–Crippen MR) is 76.7 cm³/mol. The number of hydrogen-bond acceptors (Lipinski definition) is 3. The molecule has 1 saturated carbocycles. The van der Waals surface area contributed by atoms with Gasteiger partial charge in [0.2, 0.25) is 0 Å². The van der Waals surface area contributed by atoms with E-state index in [1.54, 1.807) is 25.6 Å². The molecule has 0 aromatic carbocycles. The highest BCUT2D eigenvalue weighted by molar-refractivity contribution is 5.78. The summed E-state index contributed by atoms with van der Waals surface area (Å²) in [6.07, 6.45) is 7.30. The monoisotopic (exact) mass is 294 g/mol. The molecule has 0 saturated heterocycles. The molecule has 1 fully saturated rings. The Kier molecular flexibility index (Phi) is 4.88. The summed E-state index contributed by atoms with van der Waals surface area (Å²) in [5.74, 6) is -0.806. The maximum Gasteiger partial charge on any atom is 0.317 e. The maximum atomic E-state index is 12.1. The molecule has 1 heterocycles. The Balaban J connectivity index is 1.88. The molecule has 0 bridgehead atoms. The summed E-state index contributed by atoms with van der Waals surface area (Å²) >= 11 is 0. The average Bonchev–Trinajstić information content (AvgIpc) is 2.98. The van der Waals surface area contributed by atoms with Gasteiger partial charge in [-0.3, -0.25) is 4.79 Å². The molecule has 2 N–H and O–H groups in total. The van der Waals surface area contributed by atoms with E-state index in [0.717, 1.165) is 24.8 Å². The van der Waals surface area contributed by atoms with Crippen molar-refractivity contribution in [3.8, 4) is 0 Å². The second kappa shape index (κ2) is 6.65. The maximum absolute atomic E-state index is 12.1. The number of carbonyl (C=O) groups excluding carboxylic acids is 1. The van der Waals surface area contributed by atoms with E-state index in [9.17, 15) is 14.7 Å². The lowest BCUT2D eigenvalue weighted by Gasteiger charge is -2.33. The van der Waals surface area contributed by atoms with Crippen LogP contribution in [0.4, 0.5) is 4.79 Å². The van der Waals surface area contributed by atoms with E-state index >= 15 is 0 Å². The third kappa shape index (κ3) is 3.77. The summed E-state index contributed by atoms with van der Waals surface area (Å²) < 4.78 is 4.96. The van der Waals surface area contributed by atoms with Crippen LogP contribution in [0.1, 0.15) is 37.7 Å². The molecule has 1 aromatic rings. The zero-order valence-electron chi connectivity index (χ0n) is 12.3. The molecule has 6 heteroatoms. The van der Waals surface area contributed by atoms with Crippen LogP contribution in [-0.4, -0.2) is 35.6 Å². The number of urea groups is 1. The quantitative estimate of drug-likeness (QED) is 0.874. The Morgan fingerprint density at radius 1 is 1.38 bits per heavy atom. The SMILES string of the molecule is CN(Cc1ccoc1)C(=O)NCC1(C(=O)O)CCCCC1. The van der Waals surface area contributed by atoms with Crippen molar-refractivity contribution in [3.63, 3.8) is 0 Å². The van der Waals surface area contributed by atoms with Gasteiger partial charge in [-0.25, -0.2) is 4.79 Å². The lowest BCUT2D eigenvalue weighted by molar-refractivity contribution is -0.150. The zero-order chi connectivity index (χ0) is 15.3. The van der Waals surface area contributed by atoms with E-state index in [-0.39, 0.29) is 12.6 Å². The van der Waals surface area contributed by atoms with Crippen molar-refractivity contribution in [2.45, 2.75) is 38.6 Å². The minimum Gasteiger partial charge on any atom is -0.481 e. The minimum atomic E-state index is -0.806. The van der Waals surface area contributed by atoms with Gasteiger partial charge in [0.25, 0.3) is 0 Å². The van der Waals surface area contributed by atoms with Crippen LogP contribution in [0.5, 0.6) is 0 Å². The first-order valence-corrected chi connectivity index (χ1v) is 7.27. The third-order valence-corrected chi connectivity index (χ3v) is 4.19. The van der Waals surface area contributed by atoms with Gasteiger partial charge < -0.3 is 19.7 Å². The van der Waals surface area contributed by atoms with E-state index < -0.39 is 11.4 Å². The fourth-order valence-electron chi connectivity index (χ4n) is 2.80. The fraction of sp³-hybridized carbons (Fsp3) is 0.600. The molecule has 0 radical (unpaired) electrons. The lowest BCUT2D eigenvalue weighted by Crippen LogP contribution is -2.47. The highest BCUT2D eigenvalue weighted by atomic mass is 16.4. The number of carboxylic acids is 1. The molecule has 0 aliphatic heterocycles. The molecule has 21 heavy (non-hydrogen) atoms. The highest BCUT2D eigenvalue weighted by Crippen LogP contribution is 2.36. The molecule has 0 unspecified atom stereocenters. The molecular weight excluding hydrogens is 272 g/mol. The average molecular weight is 294 g/mol. The van der Waals surface area contributed by atoms with Crippen LogP contribution < -0.4 is 5.32 Å². The number of rotatable bonds is 5. The van der Waals surface area contributed by atoms with Crippen molar-refractivity contribution in [2.24, 2.45) is 5.41 Å². The number of carboxylic acid groups (broad SMARTS) is 1. The summed E-state index contributed by atoms with van der Waals surface area (Å²) in [6.45, 7) is 0.624. The van der Waals surface area contributed by atoms with E-state index in [1.165, 1.54) is 4.90 Å². The summed E-state index contributed by atoms with van der Waals surface area (Å²) in [4.78, 5) is 25.1. The smallest absolute Gasteiger partial charge is 0.317 e. The van der Waals surface area contributed by atoms with Gasteiger partial charge in [-0.1, -0.05) is 19.3 Å². The standard InChI is InChI=1S/C15H22N2O4/c1-17(9-12-5-8-21-10-12)14(20)16-11-15(13(18)19)6-3-2-4-7-15/h5,8,10H,2-4,6-7,9,11H2,1H3,(H,16,20)(H,18,19). The van der Waals surface area contributed by atoms with Gasteiger partial charge in [-0.2, -0.15) is 0 Å². The Labute approximate surface area is 124 Å². The highest BCUT2D eigenvalue weighted by Gasteiger charge is 2.39. The van der Waals surface area contributed by atoms with Crippen LogP contribution >= 0.6 is 0 Å². The summed E-state index contributed by atoms with van der Waals surface area (Å²) in [5.41, 5.74) is 0.1000. The number of nitrogens with zero attached hydrogens (tertiary/aromatic N) is 1. The molecule has 2 amide bonds. The van der Waals surface area contributed by atoms with Crippen LogP contribution in [-0.2, 0) is 11.3 Å². The number of nitrogens with one attached hydrogen (secondary N) is 1. The van der Waals surface area contributed by atoms with Crippen LogP contribution in [0.25, 0.3) is 0 Å². The lowest BCUT2D eigenvalue weighted by atomic mass is 9.74. The fourth-order valence-corrected chi connectivity index (χ4v) is 2.80. The molecule has 1 aromatic heterocycles. The van der Waals surface area contributed by atoms with Gasteiger partial charge in [0, 0.05) is 19.2 Å². The van der Waals surface area contributed by atoms with Crippen LogP contribution in [0.3, 0.4) is 0 Å². The normalized spacial score (nSPS) is 17.2. The summed E-state index contributed by atoms with van der Waals surface area (Å²) in [7, 11) is 1.68. The van der Waals surface area contributed by atoms with Crippen LogP contribution in [0.2, 0.25) is 0 Å². The zero-order valence-corrected chi connectivity index (χ0v) is 12.3. The van der Waals surface area contributed by atoms with Gasteiger partial charge in [0.1, 0.15) is 0 Å². The summed E-state index contributed by atoms with van der Waals surface area (Å²) in [6, 6.07) is 1.53. The molecular formula is C15H22N2O4. The second-order valence-corrected chi connectivity index (χ2v) is 5.79. The molecule has 1 aliphatic carbocycles. The molecule has 1 aliphatic rings. The first-order valence-electron chi connectivity index (χ1n) is 7.27. The Bertz CT molecular complexity index is 478. The van der Waals surface area contributed by atoms with Crippen molar-refractivity contribution >= 4 is 12.0 Å². The second-order valence-electron chi connectivity index (χ2n) is 5.79. The van der Waals surface area contributed by atoms with Crippen molar-refractivity contribution in [3.05, 3.63) is 24.2 Å². The van der Waals surface area contributed by atoms with Crippen LogP contribution in [0.15, 0.2) is 23.0 Å². The van der Waals surface area contributed by atoms with Crippen molar-refractivity contribution in [1.29, 1.82) is 0 Å². The van der Waals surface area contributed by atoms with E-state index in [2.05, 4.69) is 5.32 Å². The van der Waals surface area contributed by atoms with Crippen LogP contribution in [0, 0.1) is 5.41 Å². The Morgan fingerprint density at radius 2 is 2.10 bits per heavy atom. The Hall–Kier alpha value is -1.98. The minimum absolute atomic E-state index is 0.191. The Morgan fingerprint density at radius 3 is 2.67 bits per heavy atom.